The lowest BCUT2D eigenvalue weighted by Crippen LogP contribution is -2.33. The van der Waals surface area contributed by atoms with Gasteiger partial charge >= 0.3 is 17.9 Å². The Morgan fingerprint density at radius 3 is 1.00 bits per heavy atom. The van der Waals surface area contributed by atoms with Crippen LogP contribution >= 0.6 is 0 Å². The highest BCUT2D eigenvalue weighted by Crippen LogP contribution is 2.22. The van der Waals surface area contributed by atoms with Crippen molar-refractivity contribution in [2.75, 3.05) is 19.6 Å². The van der Waals surface area contributed by atoms with Crippen LogP contribution in [-0.4, -0.2) is 60.8 Å². The van der Waals surface area contributed by atoms with E-state index in [0.29, 0.717) is 19.6 Å². The number of rotatable bonds is 12. The third-order valence-electron chi connectivity index (χ3n) is 7.45. The second-order valence-corrected chi connectivity index (χ2v) is 10.3. The normalized spacial score (nSPS) is 20.7. The fourth-order valence-electron chi connectivity index (χ4n) is 5.37. The van der Waals surface area contributed by atoms with Crippen molar-refractivity contribution < 1.29 is 28.6 Å². The summed E-state index contributed by atoms with van der Waals surface area (Å²) in [6.07, 6.45) is 17.1. The van der Waals surface area contributed by atoms with Crippen molar-refractivity contribution in [1.82, 2.24) is 4.90 Å². The van der Waals surface area contributed by atoms with Crippen LogP contribution in [0.2, 0.25) is 0 Å². The first-order chi connectivity index (χ1) is 16.6. The Morgan fingerprint density at radius 2 is 0.735 bits per heavy atom. The van der Waals surface area contributed by atoms with Crippen molar-refractivity contribution in [3.8, 4) is 0 Å². The van der Waals surface area contributed by atoms with Crippen molar-refractivity contribution in [3.05, 3.63) is 0 Å². The summed E-state index contributed by atoms with van der Waals surface area (Å²) >= 11 is 0. The largest absolute Gasteiger partial charge is 0.462 e. The summed E-state index contributed by atoms with van der Waals surface area (Å²) in [5.41, 5.74) is 0. The Labute approximate surface area is 205 Å². The van der Waals surface area contributed by atoms with E-state index < -0.39 is 0 Å². The number of esters is 3. The molecule has 0 spiro atoms. The molecule has 0 amide bonds. The molecule has 0 aromatic rings. The smallest absolute Gasteiger partial charge is 0.307 e. The van der Waals surface area contributed by atoms with E-state index in [0.717, 1.165) is 77.0 Å². The summed E-state index contributed by atoms with van der Waals surface area (Å²) in [4.78, 5) is 39.2. The fraction of sp³-hybridized carbons (Fsp3) is 0.889. The standard InChI is InChI=1S/C27H45NO6/c29-25(32-22-10-4-1-5-11-22)16-19-28(20-17-26(30)33-23-12-6-2-7-13-23)21-18-27(31)34-24-14-8-3-9-15-24/h22-24H,1-21H2. The van der Waals surface area contributed by atoms with Crippen LogP contribution < -0.4 is 0 Å². The van der Waals surface area contributed by atoms with Crippen LogP contribution in [0.25, 0.3) is 0 Å². The van der Waals surface area contributed by atoms with Gasteiger partial charge in [0.2, 0.25) is 0 Å². The lowest BCUT2D eigenvalue weighted by atomic mass is 9.98. The highest BCUT2D eigenvalue weighted by Gasteiger charge is 2.22. The van der Waals surface area contributed by atoms with E-state index in [9.17, 15) is 14.4 Å². The molecule has 3 fully saturated rings. The Kier molecular flexibility index (Phi) is 12.2. The first-order valence-electron chi connectivity index (χ1n) is 13.9. The zero-order valence-corrected chi connectivity index (χ0v) is 21.0. The second kappa shape index (κ2) is 15.4. The van der Waals surface area contributed by atoms with Gasteiger partial charge in [-0.1, -0.05) is 19.3 Å². The monoisotopic (exact) mass is 479 g/mol. The number of ether oxygens (including phenoxy) is 3. The molecule has 34 heavy (non-hydrogen) atoms. The molecule has 0 radical (unpaired) electrons. The van der Waals surface area contributed by atoms with E-state index in [1.165, 1.54) is 19.3 Å². The van der Waals surface area contributed by atoms with Crippen LogP contribution in [0.4, 0.5) is 0 Å². The summed E-state index contributed by atoms with van der Waals surface area (Å²) in [5, 5.41) is 0. The van der Waals surface area contributed by atoms with Gasteiger partial charge in [0, 0.05) is 19.6 Å². The molecule has 0 aromatic heterocycles. The number of hydrogen-bond acceptors (Lipinski definition) is 7. The molecule has 3 saturated carbocycles. The van der Waals surface area contributed by atoms with Gasteiger partial charge in [-0.2, -0.15) is 0 Å². The molecule has 0 N–H and O–H groups in total. The van der Waals surface area contributed by atoms with E-state index in [-0.39, 0.29) is 55.5 Å². The van der Waals surface area contributed by atoms with Gasteiger partial charge in [-0.05, 0) is 77.0 Å². The summed E-state index contributed by atoms with van der Waals surface area (Å²) in [5.74, 6) is -0.565. The molecular formula is C27H45NO6. The van der Waals surface area contributed by atoms with Gasteiger partial charge in [-0.15, -0.1) is 0 Å². The molecule has 0 aromatic carbocycles. The van der Waals surface area contributed by atoms with Gasteiger partial charge in [0.15, 0.2) is 0 Å². The molecule has 0 bridgehead atoms. The summed E-state index contributed by atoms with van der Waals surface area (Å²) in [6.45, 7) is 1.41. The van der Waals surface area contributed by atoms with Crippen LogP contribution in [0.1, 0.15) is 116 Å². The third kappa shape index (κ3) is 10.7. The Morgan fingerprint density at radius 1 is 0.471 bits per heavy atom. The van der Waals surface area contributed by atoms with Crippen LogP contribution in [0, 0.1) is 0 Å². The predicted octanol–water partition coefficient (Wildman–Crippen LogP) is 5.09. The van der Waals surface area contributed by atoms with E-state index in [2.05, 4.69) is 0 Å². The molecule has 0 aliphatic heterocycles. The average Bonchev–Trinajstić information content (AvgIpc) is 2.85. The van der Waals surface area contributed by atoms with E-state index >= 15 is 0 Å². The van der Waals surface area contributed by atoms with Crippen LogP contribution in [0.5, 0.6) is 0 Å². The minimum absolute atomic E-state index is 0.0469. The zero-order valence-electron chi connectivity index (χ0n) is 21.0. The number of nitrogens with zero attached hydrogens (tertiary/aromatic N) is 1. The number of hydrogen-bond donors (Lipinski definition) is 0. The lowest BCUT2D eigenvalue weighted by Gasteiger charge is -2.26. The second-order valence-electron chi connectivity index (χ2n) is 10.3. The van der Waals surface area contributed by atoms with Gasteiger partial charge in [0.05, 0.1) is 19.3 Å². The minimum Gasteiger partial charge on any atom is -0.462 e. The molecule has 0 unspecified atom stereocenters. The van der Waals surface area contributed by atoms with Gasteiger partial charge in [-0.25, -0.2) is 0 Å². The highest BCUT2D eigenvalue weighted by molar-refractivity contribution is 5.71. The zero-order chi connectivity index (χ0) is 24.0. The molecule has 7 nitrogen and oxygen atoms in total. The topological polar surface area (TPSA) is 82.1 Å². The van der Waals surface area contributed by atoms with Crippen molar-refractivity contribution in [1.29, 1.82) is 0 Å². The highest BCUT2D eigenvalue weighted by atomic mass is 16.6. The van der Waals surface area contributed by atoms with Crippen LogP contribution in [0.3, 0.4) is 0 Å². The molecule has 7 heteroatoms. The van der Waals surface area contributed by atoms with Gasteiger partial charge < -0.3 is 19.1 Å². The van der Waals surface area contributed by atoms with E-state index in [1.807, 2.05) is 4.90 Å². The Bertz CT molecular complexity index is 535. The Hall–Kier alpha value is -1.63. The molecule has 194 valence electrons. The van der Waals surface area contributed by atoms with E-state index in [1.54, 1.807) is 0 Å². The number of carbonyl (C=O) groups is 3. The van der Waals surface area contributed by atoms with Crippen molar-refractivity contribution >= 4 is 17.9 Å². The van der Waals surface area contributed by atoms with Gasteiger partial charge in [0.1, 0.15) is 18.3 Å². The van der Waals surface area contributed by atoms with E-state index in [4.69, 9.17) is 14.2 Å². The van der Waals surface area contributed by atoms with Crippen molar-refractivity contribution in [2.24, 2.45) is 0 Å². The lowest BCUT2D eigenvalue weighted by molar-refractivity contribution is -0.151. The maximum Gasteiger partial charge on any atom is 0.307 e. The first-order valence-corrected chi connectivity index (χ1v) is 13.9. The van der Waals surface area contributed by atoms with Crippen molar-refractivity contribution in [3.63, 3.8) is 0 Å². The Balaban J connectivity index is 1.41. The molecule has 3 aliphatic rings. The van der Waals surface area contributed by atoms with Crippen LogP contribution in [0.15, 0.2) is 0 Å². The quantitative estimate of drug-likeness (QED) is 0.285. The van der Waals surface area contributed by atoms with Crippen molar-refractivity contribution in [2.45, 2.75) is 134 Å². The average molecular weight is 480 g/mol. The molecule has 0 saturated heterocycles. The third-order valence-corrected chi connectivity index (χ3v) is 7.45. The molecule has 0 atom stereocenters. The fourth-order valence-corrected chi connectivity index (χ4v) is 5.37. The summed E-state index contributed by atoms with van der Waals surface area (Å²) < 4.78 is 16.9. The van der Waals surface area contributed by atoms with Crippen LogP contribution in [-0.2, 0) is 28.6 Å². The maximum atomic E-state index is 12.4. The maximum absolute atomic E-state index is 12.4. The number of carbonyl (C=O) groups excluding carboxylic acids is 3. The molecule has 0 heterocycles. The SMILES string of the molecule is O=C(CCN(CCC(=O)OC1CCCCC1)CCC(=O)OC1CCCCC1)OC1CCCCC1. The minimum atomic E-state index is -0.188. The van der Waals surface area contributed by atoms with Gasteiger partial charge in [0.25, 0.3) is 0 Å². The van der Waals surface area contributed by atoms with Gasteiger partial charge in [-0.3, -0.25) is 14.4 Å². The predicted molar refractivity (Wildman–Crippen MR) is 129 cm³/mol. The summed E-state index contributed by atoms with van der Waals surface area (Å²) in [6, 6.07) is 0. The first kappa shape index (κ1) is 27.0. The molecule has 3 aliphatic carbocycles. The molecule has 3 rings (SSSR count). The molecular weight excluding hydrogens is 434 g/mol. The summed E-state index contributed by atoms with van der Waals surface area (Å²) in [7, 11) is 0.